The molecule has 0 aromatic carbocycles. The highest BCUT2D eigenvalue weighted by Gasteiger charge is 1.95. The maximum atomic E-state index is 7.05. The van der Waals surface area contributed by atoms with E-state index in [0.717, 1.165) is 5.92 Å². The van der Waals surface area contributed by atoms with Crippen LogP contribution in [0.3, 0.4) is 0 Å². The Labute approximate surface area is 54.7 Å². The predicted octanol–water partition coefficient (Wildman–Crippen LogP) is 3.08. The van der Waals surface area contributed by atoms with E-state index in [1.807, 2.05) is 0 Å². The third kappa shape index (κ3) is 6.00. The van der Waals surface area contributed by atoms with Gasteiger partial charge in [0.2, 0.25) is 0 Å². The third-order valence-corrected chi connectivity index (χ3v) is 1.24. The lowest BCUT2D eigenvalue weighted by molar-refractivity contribution is 0.476. The van der Waals surface area contributed by atoms with Gasteiger partial charge in [-0.3, -0.25) is 0 Å². The molecular weight excluding hydrogens is 96.1 g/mol. The highest BCUT2D eigenvalue weighted by molar-refractivity contribution is 4.48. The second kappa shape index (κ2) is 3.94. The van der Waals surface area contributed by atoms with Gasteiger partial charge in [0.05, 0.1) is 0 Å². The smallest absolute Gasteiger partial charge is 0.0233 e. The number of hydrogen-bond acceptors (Lipinski definition) is 0. The van der Waals surface area contributed by atoms with Crippen LogP contribution >= 0.6 is 0 Å². The van der Waals surface area contributed by atoms with Gasteiger partial charge in [0.25, 0.3) is 0 Å². The molecule has 0 radical (unpaired) electrons. The van der Waals surface area contributed by atoms with Crippen LogP contribution in [0.25, 0.3) is 0 Å². The van der Waals surface area contributed by atoms with Crippen LogP contribution in [0, 0.1) is 11.8 Å². The minimum atomic E-state index is 0.590. The van der Waals surface area contributed by atoms with Crippen LogP contribution in [0.1, 0.15) is 41.9 Å². The zero-order valence-corrected chi connectivity index (χ0v) is 6.28. The Bertz CT molecular complexity index is 59.6. The molecule has 8 heavy (non-hydrogen) atoms. The van der Waals surface area contributed by atoms with E-state index in [9.17, 15) is 0 Å². The first-order chi connectivity index (χ1) is 4.16. The van der Waals surface area contributed by atoms with Crippen LogP contribution in [0.2, 0.25) is 0 Å². The average molecular weight is 115 g/mol. The first-order valence-corrected chi connectivity index (χ1v) is 3.46. The molecule has 0 amide bonds. The first-order valence-electron chi connectivity index (χ1n) is 4.16. The monoisotopic (exact) mass is 115 g/mol. The molecule has 0 spiro atoms. The van der Waals surface area contributed by atoms with Crippen LogP contribution in [0.15, 0.2) is 0 Å². The van der Waals surface area contributed by atoms with Gasteiger partial charge in [-0.05, 0) is 11.8 Å². The molecule has 0 rings (SSSR count). The lowest BCUT2D eigenvalue weighted by Crippen LogP contribution is -1.91. The van der Waals surface area contributed by atoms with Crippen molar-refractivity contribution in [3.8, 4) is 0 Å². The number of rotatable bonds is 3. The molecule has 0 aliphatic heterocycles. The molecule has 0 saturated carbocycles. The summed E-state index contributed by atoms with van der Waals surface area (Å²) in [7, 11) is 0. The van der Waals surface area contributed by atoms with Gasteiger partial charge in [-0.15, -0.1) is 0 Å². The van der Waals surface area contributed by atoms with E-state index in [0.29, 0.717) is 12.8 Å². The van der Waals surface area contributed by atoms with Crippen molar-refractivity contribution in [2.75, 3.05) is 0 Å². The average Bonchev–Trinajstić information content (AvgIpc) is 1.83. The Kier molecular flexibility index (Phi) is 3.01. The second-order valence-electron chi connectivity index (χ2n) is 3.08. The van der Waals surface area contributed by atoms with Crippen molar-refractivity contribution in [2.45, 2.75) is 40.5 Å². The summed E-state index contributed by atoms with van der Waals surface area (Å²) in [5.41, 5.74) is 0. The molecule has 0 heteroatoms. The van der Waals surface area contributed by atoms with Gasteiger partial charge in [-0.2, -0.15) is 0 Å². The molecule has 0 aliphatic rings. The van der Waals surface area contributed by atoms with E-state index >= 15 is 0 Å². The predicted molar refractivity (Wildman–Crippen MR) is 38.9 cm³/mol. The molecule has 1 atom stereocenters. The van der Waals surface area contributed by atoms with Crippen molar-refractivity contribution in [3.05, 3.63) is 0 Å². The van der Waals surface area contributed by atoms with Crippen molar-refractivity contribution in [1.82, 2.24) is 0 Å². The molecule has 0 heterocycles. The minimum Gasteiger partial charge on any atom is -0.0628 e. The molecule has 0 nitrogen and oxygen atoms in total. The third-order valence-electron chi connectivity index (χ3n) is 1.24. The summed E-state index contributed by atoms with van der Waals surface area (Å²) in [6.07, 6.45) is 2.50. The maximum absolute atomic E-state index is 7.05. The Morgan fingerprint density at radius 2 is 1.62 bits per heavy atom. The molecule has 0 fully saturated rings. The molecule has 0 aliphatic carbocycles. The molecule has 0 aromatic heterocycles. The fourth-order valence-corrected chi connectivity index (χ4v) is 0.618. The van der Waals surface area contributed by atoms with Crippen molar-refractivity contribution < 1.29 is 1.37 Å². The van der Waals surface area contributed by atoms with E-state index in [2.05, 4.69) is 20.8 Å². The van der Waals surface area contributed by atoms with Crippen LogP contribution in [-0.4, -0.2) is 0 Å². The van der Waals surface area contributed by atoms with Gasteiger partial charge in [-0.1, -0.05) is 40.5 Å². The summed E-state index contributed by atoms with van der Waals surface area (Å²) in [6.45, 7) is 7.20. The fraction of sp³-hybridized carbons (Fsp3) is 1.00. The van der Waals surface area contributed by atoms with Gasteiger partial charge in [0.1, 0.15) is 0 Å². The molecular formula is C8H18. The Morgan fingerprint density at radius 3 is 2.00 bits per heavy atom. The summed E-state index contributed by atoms with van der Waals surface area (Å²) >= 11 is 0. The van der Waals surface area contributed by atoms with E-state index in [1.165, 1.54) is 12.8 Å². The summed E-state index contributed by atoms with van der Waals surface area (Å²) in [4.78, 5) is 0. The van der Waals surface area contributed by atoms with E-state index in [4.69, 9.17) is 1.37 Å². The first kappa shape index (κ1) is 6.12. The lowest BCUT2D eigenvalue weighted by atomic mass is 10.0. The Balaban J connectivity index is 3.06. The quantitative estimate of drug-likeness (QED) is 0.530. The highest BCUT2D eigenvalue weighted by Crippen LogP contribution is 2.09. The van der Waals surface area contributed by atoms with Crippen LogP contribution in [0.4, 0.5) is 0 Å². The standard InChI is InChI=1S/C8H18/c1-7(2)5-6-8(3)4/h7-8H,5-6H2,1-4H3/i1D. The van der Waals surface area contributed by atoms with Gasteiger partial charge in [0.15, 0.2) is 0 Å². The summed E-state index contributed by atoms with van der Waals surface area (Å²) in [5, 5.41) is 0. The maximum Gasteiger partial charge on any atom is 0.0233 e. The Hall–Kier alpha value is 0. The number of hydrogen-bond donors (Lipinski definition) is 0. The van der Waals surface area contributed by atoms with Crippen LogP contribution in [0.5, 0.6) is 0 Å². The molecule has 0 bridgehead atoms. The molecule has 0 aromatic rings. The fourth-order valence-electron chi connectivity index (χ4n) is 0.618. The van der Waals surface area contributed by atoms with E-state index in [1.54, 1.807) is 0 Å². The van der Waals surface area contributed by atoms with Crippen LogP contribution in [-0.2, 0) is 0 Å². The molecule has 1 unspecified atom stereocenters. The van der Waals surface area contributed by atoms with E-state index in [-0.39, 0.29) is 0 Å². The van der Waals surface area contributed by atoms with Gasteiger partial charge >= 0.3 is 0 Å². The zero-order chi connectivity index (χ0) is 7.28. The summed E-state index contributed by atoms with van der Waals surface area (Å²) in [5.74, 6) is 1.41. The normalized spacial score (nSPS) is 16.2. The zero-order valence-electron chi connectivity index (χ0n) is 7.28. The van der Waals surface area contributed by atoms with Gasteiger partial charge in [-0.25, -0.2) is 0 Å². The topological polar surface area (TPSA) is 0 Å². The SMILES string of the molecule is [2H]CC(C)CCC(C)C. The Morgan fingerprint density at radius 1 is 1.12 bits per heavy atom. The molecule has 50 valence electrons. The molecule has 0 N–H and O–H groups in total. The lowest BCUT2D eigenvalue weighted by Gasteiger charge is -2.05. The van der Waals surface area contributed by atoms with Crippen molar-refractivity contribution in [2.24, 2.45) is 11.8 Å². The van der Waals surface area contributed by atoms with Gasteiger partial charge in [0, 0.05) is 1.37 Å². The van der Waals surface area contributed by atoms with Crippen LogP contribution < -0.4 is 0 Å². The minimum absolute atomic E-state index is 0.590. The summed E-state index contributed by atoms with van der Waals surface area (Å²) in [6, 6.07) is 0. The van der Waals surface area contributed by atoms with Gasteiger partial charge < -0.3 is 0 Å². The van der Waals surface area contributed by atoms with Crippen molar-refractivity contribution in [1.29, 1.82) is 0 Å². The highest BCUT2D eigenvalue weighted by atomic mass is 14.0. The molecule has 0 saturated heterocycles. The largest absolute Gasteiger partial charge is 0.0628 e. The second-order valence-corrected chi connectivity index (χ2v) is 3.08. The van der Waals surface area contributed by atoms with E-state index < -0.39 is 0 Å². The van der Waals surface area contributed by atoms with Crippen molar-refractivity contribution >= 4 is 0 Å². The summed E-state index contributed by atoms with van der Waals surface area (Å²) < 4.78 is 7.05. The van der Waals surface area contributed by atoms with Crippen molar-refractivity contribution in [3.63, 3.8) is 0 Å².